The van der Waals surface area contributed by atoms with E-state index in [0.717, 1.165) is 12.8 Å². The van der Waals surface area contributed by atoms with Gasteiger partial charge in [0.2, 0.25) is 0 Å². The van der Waals surface area contributed by atoms with Crippen molar-refractivity contribution in [3.63, 3.8) is 0 Å². The average molecular weight is 353 g/mol. The molecule has 0 N–H and O–H groups in total. The van der Waals surface area contributed by atoms with Crippen LogP contribution in [-0.2, 0) is 24.2 Å². The molecule has 1 aromatic heterocycles. The minimum atomic E-state index is -3.07. The topological polar surface area (TPSA) is 93.9 Å². The van der Waals surface area contributed by atoms with Gasteiger partial charge >= 0.3 is 5.97 Å². The highest BCUT2D eigenvalue weighted by Gasteiger charge is 2.42. The molecule has 1 aliphatic carbocycles. The van der Waals surface area contributed by atoms with Crippen LogP contribution in [0.15, 0.2) is 28.9 Å². The standard InChI is InChI=1S/C16H19NO6S/c18-15(10-23-16(19)6-5-14-2-1-8-22-14)17(12-3-4-12)13-7-9-24(20,21)11-13/h1-2,5-6,8,12-13H,3-4,7,9-11H2/b6-5+/t13-/m1/s1. The molecule has 0 bridgehead atoms. The highest BCUT2D eigenvalue weighted by atomic mass is 32.2. The molecule has 8 heteroatoms. The van der Waals surface area contributed by atoms with Crippen molar-refractivity contribution in [2.24, 2.45) is 0 Å². The van der Waals surface area contributed by atoms with E-state index in [2.05, 4.69) is 0 Å². The van der Waals surface area contributed by atoms with Crippen molar-refractivity contribution in [2.45, 2.75) is 31.3 Å². The Balaban J connectivity index is 1.53. The summed E-state index contributed by atoms with van der Waals surface area (Å²) < 4.78 is 33.3. The van der Waals surface area contributed by atoms with E-state index in [1.54, 1.807) is 17.0 Å². The van der Waals surface area contributed by atoms with Gasteiger partial charge in [0.1, 0.15) is 5.76 Å². The molecule has 0 aromatic carbocycles. The summed E-state index contributed by atoms with van der Waals surface area (Å²) in [4.78, 5) is 25.6. The van der Waals surface area contributed by atoms with Crippen molar-refractivity contribution in [3.8, 4) is 0 Å². The number of amides is 1. The van der Waals surface area contributed by atoms with E-state index in [0.29, 0.717) is 12.2 Å². The quantitative estimate of drug-likeness (QED) is 0.560. The predicted octanol–water partition coefficient (Wildman–Crippen LogP) is 1.01. The zero-order valence-corrected chi connectivity index (χ0v) is 13.9. The number of carbonyl (C=O) groups excluding carboxylic acids is 2. The summed E-state index contributed by atoms with van der Waals surface area (Å²) in [7, 11) is -3.07. The Morgan fingerprint density at radius 1 is 1.29 bits per heavy atom. The second-order valence-electron chi connectivity index (χ2n) is 6.05. The third-order valence-corrected chi connectivity index (χ3v) is 5.85. The van der Waals surface area contributed by atoms with Crippen LogP contribution in [0.3, 0.4) is 0 Å². The lowest BCUT2D eigenvalue weighted by molar-refractivity contribution is -0.149. The van der Waals surface area contributed by atoms with E-state index in [1.807, 2.05) is 0 Å². The SMILES string of the molecule is O=C(/C=C/c1ccco1)OCC(=O)N(C1CC1)[C@@H]1CCS(=O)(=O)C1. The summed E-state index contributed by atoms with van der Waals surface area (Å²) >= 11 is 0. The maximum absolute atomic E-state index is 12.4. The fourth-order valence-corrected chi connectivity index (χ4v) is 4.56. The summed E-state index contributed by atoms with van der Waals surface area (Å²) in [5, 5.41) is 0. The summed E-state index contributed by atoms with van der Waals surface area (Å²) in [5.74, 6) is -0.357. The maximum atomic E-state index is 12.4. The van der Waals surface area contributed by atoms with Crippen LogP contribution < -0.4 is 0 Å². The van der Waals surface area contributed by atoms with Gasteiger partial charge in [-0.2, -0.15) is 0 Å². The van der Waals surface area contributed by atoms with Crippen LogP contribution >= 0.6 is 0 Å². The van der Waals surface area contributed by atoms with Gasteiger partial charge in [0.15, 0.2) is 16.4 Å². The van der Waals surface area contributed by atoms with Gasteiger partial charge in [-0.1, -0.05) is 0 Å². The lowest BCUT2D eigenvalue weighted by atomic mass is 10.2. The molecule has 1 saturated heterocycles. The van der Waals surface area contributed by atoms with Gasteiger partial charge in [-0.15, -0.1) is 0 Å². The van der Waals surface area contributed by atoms with Crippen LogP contribution in [0.2, 0.25) is 0 Å². The molecule has 2 heterocycles. The third kappa shape index (κ3) is 4.25. The number of nitrogens with zero attached hydrogens (tertiary/aromatic N) is 1. The Kier molecular flexibility index (Phi) is 4.75. The highest BCUT2D eigenvalue weighted by molar-refractivity contribution is 7.91. The highest BCUT2D eigenvalue weighted by Crippen LogP contribution is 2.32. The summed E-state index contributed by atoms with van der Waals surface area (Å²) in [5.41, 5.74) is 0. The van der Waals surface area contributed by atoms with E-state index < -0.39 is 15.8 Å². The van der Waals surface area contributed by atoms with Crippen LogP contribution in [0.1, 0.15) is 25.0 Å². The Hall–Kier alpha value is -2.09. The van der Waals surface area contributed by atoms with Crippen molar-refractivity contribution in [2.75, 3.05) is 18.1 Å². The maximum Gasteiger partial charge on any atom is 0.331 e. The van der Waals surface area contributed by atoms with E-state index >= 15 is 0 Å². The van der Waals surface area contributed by atoms with Crippen LogP contribution in [0, 0.1) is 0 Å². The molecule has 1 aliphatic heterocycles. The van der Waals surface area contributed by atoms with Crippen LogP contribution in [-0.4, -0.2) is 55.4 Å². The number of furan rings is 1. The van der Waals surface area contributed by atoms with Gasteiger partial charge in [-0.25, -0.2) is 13.2 Å². The van der Waals surface area contributed by atoms with E-state index in [4.69, 9.17) is 9.15 Å². The smallest absolute Gasteiger partial charge is 0.331 e. The molecular formula is C16H19NO6S. The second-order valence-corrected chi connectivity index (χ2v) is 8.27. The molecule has 2 aliphatic rings. The van der Waals surface area contributed by atoms with Crippen molar-refractivity contribution >= 4 is 27.8 Å². The Morgan fingerprint density at radius 3 is 2.67 bits per heavy atom. The lowest BCUT2D eigenvalue weighted by Crippen LogP contribution is -2.44. The first-order valence-electron chi connectivity index (χ1n) is 7.84. The van der Waals surface area contributed by atoms with Gasteiger partial charge in [0.05, 0.1) is 17.8 Å². The van der Waals surface area contributed by atoms with Crippen LogP contribution in [0.4, 0.5) is 0 Å². The number of hydrogen-bond acceptors (Lipinski definition) is 6. The number of esters is 1. The summed E-state index contributed by atoms with van der Waals surface area (Å²) in [6.07, 6.45) is 6.32. The van der Waals surface area contributed by atoms with Gasteiger partial charge in [-0.3, -0.25) is 4.79 Å². The number of rotatable bonds is 6. The summed E-state index contributed by atoms with van der Waals surface area (Å²) in [6, 6.07) is 3.16. The second kappa shape index (κ2) is 6.80. The molecule has 0 spiro atoms. The lowest BCUT2D eigenvalue weighted by Gasteiger charge is -2.28. The fraction of sp³-hybridized carbons (Fsp3) is 0.500. The number of ether oxygens (including phenoxy) is 1. The van der Waals surface area contributed by atoms with E-state index in [9.17, 15) is 18.0 Å². The number of carbonyl (C=O) groups is 2. The van der Waals surface area contributed by atoms with Crippen LogP contribution in [0.5, 0.6) is 0 Å². The number of hydrogen-bond donors (Lipinski definition) is 0. The first-order chi connectivity index (χ1) is 11.4. The third-order valence-electron chi connectivity index (χ3n) is 4.09. The molecule has 7 nitrogen and oxygen atoms in total. The van der Waals surface area contributed by atoms with Gasteiger partial charge in [0, 0.05) is 18.2 Å². The monoisotopic (exact) mass is 353 g/mol. The fourth-order valence-electron chi connectivity index (χ4n) is 2.84. The molecule has 1 amide bonds. The minimum Gasteiger partial charge on any atom is -0.465 e. The molecule has 0 radical (unpaired) electrons. The van der Waals surface area contributed by atoms with Gasteiger partial charge < -0.3 is 14.1 Å². The molecule has 130 valence electrons. The van der Waals surface area contributed by atoms with Gasteiger partial charge in [0.25, 0.3) is 5.91 Å². The summed E-state index contributed by atoms with van der Waals surface area (Å²) in [6.45, 7) is -0.381. The predicted molar refractivity (Wildman–Crippen MR) is 85.6 cm³/mol. The average Bonchev–Trinajstić information content (AvgIpc) is 3.08. The molecule has 24 heavy (non-hydrogen) atoms. The van der Waals surface area contributed by atoms with Crippen molar-refractivity contribution < 1.29 is 27.2 Å². The van der Waals surface area contributed by atoms with E-state index in [1.165, 1.54) is 18.4 Å². The zero-order valence-electron chi connectivity index (χ0n) is 13.1. The first-order valence-corrected chi connectivity index (χ1v) is 9.67. The Bertz CT molecular complexity index is 733. The normalized spacial score (nSPS) is 22.6. The minimum absolute atomic E-state index is 0.00157. The Morgan fingerprint density at radius 2 is 2.08 bits per heavy atom. The molecule has 1 saturated carbocycles. The Labute approximate surface area is 140 Å². The first kappa shape index (κ1) is 16.8. The largest absolute Gasteiger partial charge is 0.465 e. The number of sulfone groups is 1. The zero-order chi connectivity index (χ0) is 17.2. The van der Waals surface area contributed by atoms with Gasteiger partial charge in [-0.05, 0) is 37.5 Å². The van der Waals surface area contributed by atoms with Crippen molar-refractivity contribution in [3.05, 3.63) is 30.2 Å². The molecule has 3 rings (SSSR count). The van der Waals surface area contributed by atoms with E-state index in [-0.39, 0.29) is 36.1 Å². The molecule has 1 aromatic rings. The molecule has 0 unspecified atom stereocenters. The molecular weight excluding hydrogens is 334 g/mol. The molecule has 2 fully saturated rings. The van der Waals surface area contributed by atoms with Crippen LogP contribution in [0.25, 0.3) is 6.08 Å². The van der Waals surface area contributed by atoms with Crippen molar-refractivity contribution in [1.29, 1.82) is 0 Å². The molecule has 1 atom stereocenters. The van der Waals surface area contributed by atoms with Crippen molar-refractivity contribution in [1.82, 2.24) is 4.90 Å².